The van der Waals surface area contributed by atoms with Crippen LogP contribution in [0.3, 0.4) is 0 Å². The zero-order valence-corrected chi connectivity index (χ0v) is 13.1. The maximum absolute atomic E-state index is 11.7. The van der Waals surface area contributed by atoms with Gasteiger partial charge in [-0.1, -0.05) is 37.0 Å². The third kappa shape index (κ3) is 3.56. The molecular formula is C14H15Cl2N3O2. The van der Waals surface area contributed by atoms with Crippen LogP contribution in [0.5, 0.6) is 5.75 Å². The molecule has 0 amide bonds. The molecule has 0 unspecified atom stereocenters. The molecule has 1 aromatic carbocycles. The zero-order chi connectivity index (χ0) is 15.6. The van der Waals surface area contributed by atoms with Crippen molar-refractivity contribution in [1.82, 2.24) is 0 Å². The fraction of sp³-hybridized carbons (Fsp3) is 0.286. The van der Waals surface area contributed by atoms with Crippen LogP contribution < -0.4 is 16.0 Å². The van der Waals surface area contributed by atoms with Crippen molar-refractivity contribution >= 4 is 40.6 Å². The van der Waals surface area contributed by atoms with Gasteiger partial charge in [-0.3, -0.25) is 10.6 Å². The normalized spacial score (nSPS) is 14.9. The van der Waals surface area contributed by atoms with Crippen LogP contribution in [0.25, 0.3) is 0 Å². The SMILES string of the molecule is CC(C)C1=CC(Oc2c(Cl)cc(NN)cc2Cl)=NCC1=O. The third-order valence-corrected chi connectivity index (χ3v) is 3.53. The largest absolute Gasteiger partial charge is 0.436 e. The van der Waals surface area contributed by atoms with Crippen molar-refractivity contribution in [3.63, 3.8) is 0 Å². The summed E-state index contributed by atoms with van der Waals surface area (Å²) in [4.78, 5) is 15.8. The first-order chi connectivity index (χ1) is 9.92. The van der Waals surface area contributed by atoms with E-state index in [1.54, 1.807) is 18.2 Å². The Hall–Kier alpha value is -1.56. The number of hydrogen-bond donors (Lipinski definition) is 2. The van der Waals surface area contributed by atoms with E-state index in [0.29, 0.717) is 27.2 Å². The third-order valence-electron chi connectivity index (χ3n) is 2.97. The van der Waals surface area contributed by atoms with E-state index < -0.39 is 0 Å². The second-order valence-electron chi connectivity index (χ2n) is 4.85. The standard InChI is InChI=1S/C14H15Cl2N3O2/c1-7(2)9-5-13(18-6-12(9)20)21-14-10(15)3-8(19-17)4-11(14)16/h3-5,7,19H,6,17H2,1-2H3. The summed E-state index contributed by atoms with van der Waals surface area (Å²) >= 11 is 12.2. The summed E-state index contributed by atoms with van der Waals surface area (Å²) < 4.78 is 5.63. The van der Waals surface area contributed by atoms with Crippen LogP contribution in [0.2, 0.25) is 10.0 Å². The number of nitrogens with two attached hydrogens (primary N) is 1. The molecule has 1 heterocycles. The Morgan fingerprint density at radius 3 is 2.48 bits per heavy atom. The molecule has 0 fully saturated rings. The average molecular weight is 328 g/mol. The number of nitrogen functional groups attached to an aromatic ring is 1. The van der Waals surface area contributed by atoms with Gasteiger partial charge in [-0.2, -0.15) is 0 Å². The van der Waals surface area contributed by atoms with Gasteiger partial charge in [-0.15, -0.1) is 0 Å². The van der Waals surface area contributed by atoms with Crippen molar-refractivity contribution in [3.05, 3.63) is 33.8 Å². The molecule has 5 nitrogen and oxygen atoms in total. The molecule has 0 spiro atoms. The number of rotatable bonds is 3. The van der Waals surface area contributed by atoms with Crippen LogP contribution >= 0.6 is 23.2 Å². The number of nitrogens with zero attached hydrogens (tertiary/aromatic N) is 1. The molecule has 0 aliphatic carbocycles. The number of nitrogens with one attached hydrogen (secondary N) is 1. The molecular weight excluding hydrogens is 313 g/mol. The van der Waals surface area contributed by atoms with E-state index in [1.165, 1.54) is 0 Å². The molecule has 1 aliphatic heterocycles. The molecule has 0 radical (unpaired) electrons. The Labute approximate surface area is 132 Å². The number of hydrazine groups is 1. The number of hydrogen-bond acceptors (Lipinski definition) is 5. The average Bonchev–Trinajstić information content (AvgIpc) is 2.43. The van der Waals surface area contributed by atoms with Crippen molar-refractivity contribution in [2.75, 3.05) is 12.0 Å². The van der Waals surface area contributed by atoms with Gasteiger partial charge in [0.25, 0.3) is 0 Å². The number of halogens is 2. The summed E-state index contributed by atoms with van der Waals surface area (Å²) in [7, 11) is 0. The summed E-state index contributed by atoms with van der Waals surface area (Å²) in [5.74, 6) is 6.00. The summed E-state index contributed by atoms with van der Waals surface area (Å²) in [6.45, 7) is 3.94. The van der Waals surface area contributed by atoms with Gasteiger partial charge in [-0.25, -0.2) is 4.99 Å². The van der Waals surface area contributed by atoms with Crippen LogP contribution in [0.4, 0.5) is 5.69 Å². The maximum Gasteiger partial charge on any atom is 0.215 e. The van der Waals surface area contributed by atoms with E-state index in [0.717, 1.165) is 0 Å². The van der Waals surface area contributed by atoms with E-state index >= 15 is 0 Å². The molecule has 7 heteroatoms. The van der Waals surface area contributed by atoms with Crippen molar-refractivity contribution in [1.29, 1.82) is 0 Å². The van der Waals surface area contributed by atoms with Crippen LogP contribution in [-0.2, 0) is 4.79 Å². The lowest BCUT2D eigenvalue weighted by molar-refractivity contribution is -0.114. The van der Waals surface area contributed by atoms with Crippen LogP contribution in [0, 0.1) is 5.92 Å². The van der Waals surface area contributed by atoms with Gasteiger partial charge in [0, 0.05) is 11.6 Å². The van der Waals surface area contributed by atoms with Crippen LogP contribution in [0.1, 0.15) is 13.8 Å². The molecule has 1 aromatic rings. The summed E-state index contributed by atoms with van der Waals surface area (Å²) in [5.41, 5.74) is 3.70. The van der Waals surface area contributed by atoms with E-state index in [-0.39, 0.29) is 24.0 Å². The van der Waals surface area contributed by atoms with Gasteiger partial charge in [-0.05, 0) is 18.1 Å². The Kier molecular flexibility index (Phi) is 4.88. The Morgan fingerprint density at radius 1 is 1.33 bits per heavy atom. The number of carbonyl (C=O) groups is 1. The van der Waals surface area contributed by atoms with Gasteiger partial charge < -0.3 is 10.2 Å². The quantitative estimate of drug-likeness (QED) is 0.660. The van der Waals surface area contributed by atoms with E-state index in [1.807, 2.05) is 13.8 Å². The van der Waals surface area contributed by atoms with E-state index in [9.17, 15) is 4.79 Å². The maximum atomic E-state index is 11.7. The number of ketones is 1. The molecule has 3 N–H and O–H groups in total. The van der Waals surface area contributed by atoms with Crippen LogP contribution in [-0.4, -0.2) is 18.2 Å². The van der Waals surface area contributed by atoms with Gasteiger partial charge in [0.15, 0.2) is 11.5 Å². The minimum Gasteiger partial charge on any atom is -0.436 e. The smallest absolute Gasteiger partial charge is 0.215 e. The topological polar surface area (TPSA) is 76.7 Å². The second-order valence-corrected chi connectivity index (χ2v) is 5.66. The number of anilines is 1. The molecule has 112 valence electrons. The first-order valence-corrected chi connectivity index (χ1v) is 7.10. The fourth-order valence-corrected chi connectivity index (χ4v) is 2.46. The Balaban J connectivity index is 2.29. The lowest BCUT2D eigenvalue weighted by atomic mass is 9.97. The highest BCUT2D eigenvalue weighted by molar-refractivity contribution is 6.37. The molecule has 0 saturated heterocycles. The molecule has 0 aromatic heterocycles. The molecule has 0 atom stereocenters. The van der Waals surface area contributed by atoms with Gasteiger partial charge in [0.05, 0.1) is 15.7 Å². The zero-order valence-electron chi connectivity index (χ0n) is 11.6. The van der Waals surface area contributed by atoms with Crippen LogP contribution in [0.15, 0.2) is 28.8 Å². The lowest BCUT2D eigenvalue weighted by Crippen LogP contribution is -2.22. The van der Waals surface area contributed by atoms with Gasteiger partial charge in [0.2, 0.25) is 5.90 Å². The monoisotopic (exact) mass is 327 g/mol. The van der Waals surface area contributed by atoms with Gasteiger partial charge >= 0.3 is 0 Å². The predicted octanol–water partition coefficient (Wildman–Crippen LogP) is 3.22. The lowest BCUT2D eigenvalue weighted by Gasteiger charge is -2.17. The number of carbonyl (C=O) groups excluding carboxylic acids is 1. The fourth-order valence-electron chi connectivity index (χ4n) is 1.90. The highest BCUT2D eigenvalue weighted by Crippen LogP contribution is 2.36. The molecule has 0 bridgehead atoms. The predicted molar refractivity (Wildman–Crippen MR) is 85.1 cm³/mol. The first kappa shape index (κ1) is 15.8. The minimum absolute atomic E-state index is 0.00257. The van der Waals surface area contributed by atoms with Gasteiger partial charge in [0.1, 0.15) is 6.54 Å². The summed E-state index contributed by atoms with van der Waals surface area (Å²) in [6.07, 6.45) is 1.62. The highest BCUT2D eigenvalue weighted by atomic mass is 35.5. The van der Waals surface area contributed by atoms with Crippen molar-refractivity contribution in [2.24, 2.45) is 16.8 Å². The minimum atomic E-state index is -0.00257. The molecule has 21 heavy (non-hydrogen) atoms. The summed E-state index contributed by atoms with van der Waals surface area (Å²) in [5, 5.41) is 0.601. The molecule has 1 aliphatic rings. The Morgan fingerprint density at radius 2 is 1.95 bits per heavy atom. The number of aliphatic imine (C=N–C) groups is 1. The van der Waals surface area contributed by atoms with E-state index in [4.69, 9.17) is 33.8 Å². The molecule has 0 saturated carbocycles. The molecule has 2 rings (SSSR count). The first-order valence-electron chi connectivity index (χ1n) is 6.35. The van der Waals surface area contributed by atoms with Crippen molar-refractivity contribution in [2.45, 2.75) is 13.8 Å². The van der Waals surface area contributed by atoms with Crippen molar-refractivity contribution in [3.8, 4) is 5.75 Å². The number of benzene rings is 1. The van der Waals surface area contributed by atoms with Crippen molar-refractivity contribution < 1.29 is 9.53 Å². The van der Waals surface area contributed by atoms with E-state index in [2.05, 4.69) is 10.4 Å². The number of dihydropyridines is 1. The number of Topliss-reactive ketones (excluding diaryl/α,β-unsaturated/α-hetero) is 1. The summed E-state index contributed by atoms with van der Waals surface area (Å²) in [6, 6.07) is 3.18. The highest BCUT2D eigenvalue weighted by Gasteiger charge is 2.20. The number of ether oxygens (including phenoxy) is 1. The second kappa shape index (κ2) is 6.47. The Bertz CT molecular complexity index is 616.